The molecule has 0 fully saturated rings. The van der Waals surface area contributed by atoms with E-state index in [0.717, 1.165) is 9.35 Å². The van der Waals surface area contributed by atoms with E-state index in [0.29, 0.717) is 16.3 Å². The summed E-state index contributed by atoms with van der Waals surface area (Å²) >= 11 is 16.1. The van der Waals surface area contributed by atoms with E-state index in [1.54, 1.807) is 12.1 Å². The summed E-state index contributed by atoms with van der Waals surface area (Å²) in [5, 5.41) is 10.1. The summed E-state index contributed by atoms with van der Waals surface area (Å²) in [5.74, 6) is -0.480. The van der Waals surface area contributed by atoms with E-state index in [9.17, 15) is 9.50 Å². The Morgan fingerprint density at radius 1 is 1.33 bits per heavy atom. The van der Waals surface area contributed by atoms with Gasteiger partial charge in [-0.2, -0.15) is 0 Å². The molecule has 1 heterocycles. The highest BCUT2D eigenvalue weighted by molar-refractivity contribution is 9.10. The van der Waals surface area contributed by atoms with E-state index >= 15 is 0 Å². The molecule has 0 saturated carbocycles. The van der Waals surface area contributed by atoms with Crippen LogP contribution in [0.25, 0.3) is 0 Å². The summed E-state index contributed by atoms with van der Waals surface area (Å²) in [6.45, 7) is 0. The van der Waals surface area contributed by atoms with Crippen molar-refractivity contribution >= 4 is 50.5 Å². The van der Waals surface area contributed by atoms with Crippen molar-refractivity contribution in [1.82, 2.24) is 0 Å². The fourth-order valence-corrected chi connectivity index (χ4v) is 3.36. The molecule has 0 spiro atoms. The summed E-state index contributed by atoms with van der Waals surface area (Å²) in [5.41, 5.74) is 0.685. The van der Waals surface area contributed by atoms with Gasteiger partial charge < -0.3 is 5.11 Å². The maximum Gasteiger partial charge on any atom is 0.142 e. The quantitative estimate of drug-likeness (QED) is 0.784. The third-order valence-electron chi connectivity index (χ3n) is 2.41. The van der Waals surface area contributed by atoms with Crippen LogP contribution in [0.1, 0.15) is 16.5 Å². The van der Waals surface area contributed by atoms with Crippen molar-refractivity contribution in [3.63, 3.8) is 0 Å². The molecule has 2 aromatic rings. The Hall–Kier alpha value is -0.130. The number of benzene rings is 1. The van der Waals surface area contributed by atoms with E-state index in [1.807, 2.05) is 0 Å². The SMILES string of the molecule is OC(Cc1ccc(Cl)c(F)c1)c1cc(Br)c(Cl)s1. The Kier molecular flexibility index (Phi) is 4.67. The van der Waals surface area contributed by atoms with Gasteiger partial charge in [-0.1, -0.05) is 29.3 Å². The van der Waals surface area contributed by atoms with Crippen LogP contribution in [0.5, 0.6) is 0 Å². The summed E-state index contributed by atoms with van der Waals surface area (Å²) in [7, 11) is 0. The van der Waals surface area contributed by atoms with E-state index in [2.05, 4.69) is 15.9 Å². The molecule has 0 aliphatic carbocycles. The first-order chi connectivity index (χ1) is 8.47. The Bertz CT molecular complexity index is 554. The maximum atomic E-state index is 13.3. The van der Waals surface area contributed by atoms with Gasteiger partial charge in [0.1, 0.15) is 10.2 Å². The number of halogens is 4. The average Bonchev–Trinajstić information content (AvgIpc) is 2.65. The van der Waals surface area contributed by atoms with Crippen molar-refractivity contribution in [2.24, 2.45) is 0 Å². The fraction of sp³-hybridized carbons (Fsp3) is 0.167. The Morgan fingerprint density at radius 3 is 2.61 bits per heavy atom. The number of thiophene rings is 1. The highest BCUT2D eigenvalue weighted by atomic mass is 79.9. The van der Waals surface area contributed by atoms with Crippen LogP contribution in [0.15, 0.2) is 28.7 Å². The minimum atomic E-state index is -0.709. The topological polar surface area (TPSA) is 20.2 Å². The predicted molar refractivity (Wildman–Crippen MR) is 77.1 cm³/mol. The van der Waals surface area contributed by atoms with Crippen molar-refractivity contribution in [1.29, 1.82) is 0 Å². The first-order valence-corrected chi connectivity index (χ1v) is 7.40. The first-order valence-electron chi connectivity index (χ1n) is 5.04. The van der Waals surface area contributed by atoms with Gasteiger partial charge in [0.2, 0.25) is 0 Å². The lowest BCUT2D eigenvalue weighted by atomic mass is 10.1. The number of hydrogen-bond donors (Lipinski definition) is 1. The van der Waals surface area contributed by atoms with Gasteiger partial charge in [0, 0.05) is 15.8 Å². The lowest BCUT2D eigenvalue weighted by molar-refractivity contribution is 0.182. The molecule has 1 unspecified atom stereocenters. The predicted octanol–water partition coefficient (Wildman–Crippen LogP) is 5.23. The molecule has 6 heteroatoms. The van der Waals surface area contributed by atoms with Crippen molar-refractivity contribution in [3.05, 3.63) is 54.4 Å². The highest BCUT2D eigenvalue weighted by Crippen LogP contribution is 2.36. The molecule has 0 aliphatic rings. The third-order valence-corrected chi connectivity index (χ3v) is 5.29. The molecule has 0 saturated heterocycles. The molecule has 2 rings (SSSR count). The summed E-state index contributed by atoms with van der Waals surface area (Å²) < 4.78 is 14.6. The minimum Gasteiger partial charge on any atom is -0.387 e. The molecular formula is C12H8BrCl2FOS. The van der Waals surface area contributed by atoms with Gasteiger partial charge in [-0.25, -0.2) is 4.39 Å². The molecule has 18 heavy (non-hydrogen) atoms. The van der Waals surface area contributed by atoms with Gasteiger partial charge in [0.15, 0.2) is 0 Å². The normalized spacial score (nSPS) is 12.7. The monoisotopic (exact) mass is 368 g/mol. The van der Waals surface area contributed by atoms with Gasteiger partial charge in [-0.3, -0.25) is 0 Å². The van der Waals surface area contributed by atoms with Crippen molar-refractivity contribution in [3.8, 4) is 0 Å². The zero-order valence-electron chi connectivity index (χ0n) is 8.96. The van der Waals surface area contributed by atoms with E-state index in [1.165, 1.54) is 23.5 Å². The first kappa shape index (κ1) is 14.3. The molecule has 1 N–H and O–H groups in total. The summed E-state index contributed by atoms with van der Waals surface area (Å²) in [6, 6.07) is 6.27. The van der Waals surface area contributed by atoms with Crippen molar-refractivity contribution in [2.75, 3.05) is 0 Å². The molecule has 0 bridgehead atoms. The summed E-state index contributed by atoms with van der Waals surface area (Å²) in [4.78, 5) is 0.738. The molecule has 1 atom stereocenters. The molecule has 96 valence electrons. The second-order valence-corrected chi connectivity index (χ2v) is 6.69. The van der Waals surface area contributed by atoms with Gasteiger partial charge in [0.25, 0.3) is 0 Å². The second-order valence-electron chi connectivity index (χ2n) is 3.74. The van der Waals surface area contributed by atoms with Crippen LogP contribution in [0.3, 0.4) is 0 Å². The maximum absolute atomic E-state index is 13.3. The average molecular weight is 370 g/mol. The van der Waals surface area contributed by atoms with Crippen LogP contribution in [0, 0.1) is 5.82 Å². The molecule has 1 aromatic heterocycles. The zero-order chi connectivity index (χ0) is 13.3. The Morgan fingerprint density at radius 2 is 2.06 bits per heavy atom. The van der Waals surface area contributed by atoms with Crippen LogP contribution in [-0.4, -0.2) is 5.11 Å². The molecule has 0 radical (unpaired) electrons. The van der Waals surface area contributed by atoms with Gasteiger partial charge in [0.05, 0.1) is 11.1 Å². The minimum absolute atomic E-state index is 0.0788. The third kappa shape index (κ3) is 3.25. The molecule has 1 nitrogen and oxygen atoms in total. The molecular weight excluding hydrogens is 362 g/mol. The second kappa shape index (κ2) is 5.88. The fourth-order valence-electron chi connectivity index (χ4n) is 1.52. The van der Waals surface area contributed by atoms with Gasteiger partial charge >= 0.3 is 0 Å². The van der Waals surface area contributed by atoms with Crippen LogP contribution in [0.4, 0.5) is 4.39 Å². The number of aliphatic hydroxyl groups is 1. The van der Waals surface area contributed by atoms with Crippen molar-refractivity contribution in [2.45, 2.75) is 12.5 Å². The largest absolute Gasteiger partial charge is 0.387 e. The van der Waals surface area contributed by atoms with Gasteiger partial charge in [-0.15, -0.1) is 11.3 Å². The van der Waals surface area contributed by atoms with E-state index < -0.39 is 11.9 Å². The van der Waals surface area contributed by atoms with Crippen molar-refractivity contribution < 1.29 is 9.50 Å². The Balaban J connectivity index is 2.15. The Labute approximate surface area is 126 Å². The number of hydrogen-bond acceptors (Lipinski definition) is 2. The standard InChI is InChI=1S/C12H8BrCl2FOS/c13-7-5-11(18-12(7)15)10(17)4-6-1-2-8(14)9(16)3-6/h1-3,5,10,17H,4H2. The lowest BCUT2D eigenvalue weighted by Crippen LogP contribution is -2.00. The lowest BCUT2D eigenvalue weighted by Gasteiger charge is -2.08. The van der Waals surface area contributed by atoms with E-state index in [-0.39, 0.29) is 5.02 Å². The van der Waals surface area contributed by atoms with Crippen LogP contribution < -0.4 is 0 Å². The van der Waals surface area contributed by atoms with Crippen LogP contribution in [0.2, 0.25) is 9.36 Å². The van der Waals surface area contributed by atoms with Crippen LogP contribution >= 0.6 is 50.5 Å². The molecule has 0 aliphatic heterocycles. The van der Waals surface area contributed by atoms with Gasteiger partial charge in [-0.05, 0) is 39.7 Å². The van der Waals surface area contributed by atoms with E-state index in [4.69, 9.17) is 23.2 Å². The number of rotatable bonds is 3. The van der Waals surface area contributed by atoms with Crippen LogP contribution in [-0.2, 0) is 6.42 Å². The smallest absolute Gasteiger partial charge is 0.142 e. The summed E-state index contributed by atoms with van der Waals surface area (Å²) in [6.07, 6.45) is -0.392. The zero-order valence-corrected chi connectivity index (χ0v) is 12.9. The highest BCUT2D eigenvalue weighted by Gasteiger charge is 2.14. The number of aliphatic hydroxyl groups excluding tert-OH is 1. The molecule has 0 amide bonds. The molecule has 1 aromatic carbocycles.